The molecule has 10 nitrogen and oxygen atoms in total. The number of carbonyl (C=O) groups excluding carboxylic acids is 2. The average molecular weight is 504 g/mol. The van der Waals surface area contributed by atoms with Gasteiger partial charge in [-0.15, -0.1) is 0 Å². The normalized spacial score (nSPS) is 18.2. The number of hydrogen-bond acceptors (Lipinski definition) is 7. The number of ether oxygens (including phenoxy) is 1. The third kappa shape index (κ3) is 3.63. The van der Waals surface area contributed by atoms with E-state index in [1.54, 1.807) is 35.8 Å². The number of carboxylic acid groups (broad SMARTS) is 1. The van der Waals surface area contributed by atoms with E-state index in [9.17, 15) is 29.4 Å². The molecule has 0 saturated carbocycles. The molecule has 37 heavy (non-hydrogen) atoms. The minimum atomic E-state index is -1.91. The van der Waals surface area contributed by atoms with Crippen molar-refractivity contribution < 1.29 is 29.3 Å². The van der Waals surface area contributed by atoms with Crippen LogP contribution in [0.3, 0.4) is 0 Å². The lowest BCUT2D eigenvalue weighted by atomic mass is 9.86. The van der Waals surface area contributed by atoms with Crippen LogP contribution in [0.1, 0.15) is 55.0 Å². The van der Waals surface area contributed by atoms with E-state index >= 15 is 0 Å². The van der Waals surface area contributed by atoms with Crippen LogP contribution >= 0.6 is 0 Å². The molecule has 0 unspecified atom stereocenters. The highest BCUT2D eigenvalue weighted by molar-refractivity contribution is 6.01. The number of aromatic nitrogens is 2. The van der Waals surface area contributed by atoms with E-state index in [1.165, 1.54) is 13.0 Å². The molecule has 2 aliphatic rings. The maximum absolute atomic E-state index is 13.5. The number of fused-ring (bicyclic) bond motifs is 5. The Bertz CT molecular complexity index is 1620. The van der Waals surface area contributed by atoms with Crippen molar-refractivity contribution in [3.63, 3.8) is 0 Å². The Morgan fingerprint density at radius 3 is 2.65 bits per heavy atom. The van der Waals surface area contributed by atoms with Gasteiger partial charge >= 0.3 is 11.9 Å². The van der Waals surface area contributed by atoms with Crippen LogP contribution in [0.15, 0.2) is 34.8 Å². The first-order chi connectivity index (χ1) is 17.6. The van der Waals surface area contributed by atoms with E-state index in [0.29, 0.717) is 28.9 Å². The number of nitrogens with zero attached hydrogens (tertiary/aromatic N) is 2. The number of rotatable bonds is 5. The van der Waals surface area contributed by atoms with Crippen LogP contribution in [0.25, 0.3) is 28.4 Å². The SMILES string of the molecule is CCc1c2c(nc3cccc(C=C(NC(C)=O)C(=O)O)c13)-c1cc3c(c(=O)n1C2)COC(=O)[C@]3(O)CC. The summed E-state index contributed by atoms with van der Waals surface area (Å²) in [6, 6.07) is 6.94. The average Bonchev–Trinajstić information content (AvgIpc) is 3.23. The van der Waals surface area contributed by atoms with Gasteiger partial charge in [0.05, 0.1) is 29.0 Å². The van der Waals surface area contributed by atoms with Crippen LogP contribution in [-0.4, -0.2) is 37.6 Å². The minimum absolute atomic E-state index is 0.0514. The van der Waals surface area contributed by atoms with Crippen molar-refractivity contribution >= 4 is 34.8 Å². The third-order valence-corrected chi connectivity index (χ3v) is 7.06. The summed E-state index contributed by atoms with van der Waals surface area (Å²) in [5.41, 5.74) is 1.88. The van der Waals surface area contributed by atoms with Gasteiger partial charge in [-0.25, -0.2) is 14.6 Å². The molecule has 4 heterocycles. The molecule has 0 bridgehead atoms. The summed E-state index contributed by atoms with van der Waals surface area (Å²) in [5, 5.41) is 23.7. The van der Waals surface area contributed by atoms with Gasteiger partial charge in [0.1, 0.15) is 12.3 Å². The molecule has 0 spiro atoms. The van der Waals surface area contributed by atoms with Gasteiger partial charge in [0, 0.05) is 23.4 Å². The second-order valence-corrected chi connectivity index (χ2v) is 9.16. The highest BCUT2D eigenvalue weighted by Gasteiger charge is 2.45. The van der Waals surface area contributed by atoms with Crippen LogP contribution in [0.5, 0.6) is 0 Å². The number of hydrogen-bond donors (Lipinski definition) is 3. The van der Waals surface area contributed by atoms with Gasteiger partial charge < -0.3 is 24.8 Å². The van der Waals surface area contributed by atoms with Crippen LogP contribution in [-0.2, 0) is 44.3 Å². The summed E-state index contributed by atoms with van der Waals surface area (Å²) in [7, 11) is 0. The van der Waals surface area contributed by atoms with Crippen LogP contribution in [0, 0.1) is 0 Å². The smallest absolute Gasteiger partial charge is 0.352 e. The molecule has 0 fully saturated rings. The molecule has 0 saturated heterocycles. The molecular weight excluding hydrogens is 478 g/mol. The number of aliphatic hydroxyl groups is 1. The number of pyridine rings is 2. The van der Waals surface area contributed by atoms with Crippen molar-refractivity contribution in [3.05, 3.63) is 68.1 Å². The van der Waals surface area contributed by atoms with Crippen LogP contribution < -0.4 is 10.9 Å². The van der Waals surface area contributed by atoms with Gasteiger partial charge in [-0.3, -0.25) is 9.59 Å². The van der Waals surface area contributed by atoms with Crippen molar-refractivity contribution in [2.24, 2.45) is 0 Å². The molecule has 5 rings (SSSR count). The molecule has 0 aliphatic carbocycles. The second kappa shape index (κ2) is 8.67. The lowest BCUT2D eigenvalue weighted by Gasteiger charge is -2.31. The topological polar surface area (TPSA) is 148 Å². The largest absolute Gasteiger partial charge is 0.477 e. The summed E-state index contributed by atoms with van der Waals surface area (Å²) in [5.74, 6) is -2.56. The molecule has 1 atom stereocenters. The summed E-state index contributed by atoms with van der Waals surface area (Å²) in [4.78, 5) is 54.0. The molecule has 1 aromatic carbocycles. The number of carboxylic acids is 1. The molecule has 190 valence electrons. The van der Waals surface area contributed by atoms with E-state index in [4.69, 9.17) is 9.72 Å². The van der Waals surface area contributed by atoms with Gasteiger partial charge in [0.2, 0.25) is 5.91 Å². The number of amides is 1. The minimum Gasteiger partial charge on any atom is -0.477 e. The molecular formula is C27H25N3O7. The monoisotopic (exact) mass is 503 g/mol. The number of benzene rings is 1. The number of aryl methyl sites for hydroxylation is 1. The number of cyclic esters (lactones) is 1. The summed E-state index contributed by atoms with van der Waals surface area (Å²) < 4.78 is 6.70. The van der Waals surface area contributed by atoms with Gasteiger partial charge in [0.25, 0.3) is 5.56 Å². The zero-order chi connectivity index (χ0) is 26.6. The first-order valence-electron chi connectivity index (χ1n) is 11.9. The first kappa shape index (κ1) is 24.4. The predicted octanol–water partition coefficient (Wildman–Crippen LogP) is 2.20. The highest BCUT2D eigenvalue weighted by atomic mass is 16.6. The predicted molar refractivity (Wildman–Crippen MR) is 133 cm³/mol. The van der Waals surface area contributed by atoms with Crippen LogP contribution in [0.2, 0.25) is 0 Å². The molecule has 2 aliphatic heterocycles. The quantitative estimate of drug-likeness (QED) is 0.277. The third-order valence-electron chi connectivity index (χ3n) is 7.06. The van der Waals surface area contributed by atoms with Crippen molar-refractivity contribution in [2.45, 2.75) is 52.4 Å². The van der Waals surface area contributed by atoms with Crippen LogP contribution in [0.4, 0.5) is 0 Å². The highest BCUT2D eigenvalue weighted by Crippen LogP contribution is 2.41. The number of esters is 1. The van der Waals surface area contributed by atoms with Crippen molar-refractivity contribution in [1.82, 2.24) is 14.9 Å². The molecule has 3 N–H and O–H groups in total. The fourth-order valence-electron chi connectivity index (χ4n) is 5.26. The van der Waals surface area contributed by atoms with Gasteiger partial charge in [-0.05, 0) is 42.2 Å². The Morgan fingerprint density at radius 2 is 2.00 bits per heavy atom. The Labute approximate surface area is 211 Å². The Balaban J connectivity index is 1.77. The summed E-state index contributed by atoms with van der Waals surface area (Å²) in [6.07, 6.45) is 2.02. The van der Waals surface area contributed by atoms with E-state index < -0.39 is 23.4 Å². The van der Waals surface area contributed by atoms with E-state index in [1.807, 2.05) is 6.92 Å². The summed E-state index contributed by atoms with van der Waals surface area (Å²) >= 11 is 0. The zero-order valence-electron chi connectivity index (χ0n) is 20.5. The standard InChI is InChI=1S/C27H25N3O7/c1-4-15-16-11-30-21(10-18-17(24(30)32)12-37-26(35)27(18,36)5-2)23(16)29-19-8-6-7-14(22(15)19)9-20(25(33)34)28-13(3)31/h6-10,36H,4-5,11-12H2,1-3H3,(H,28,31)(H,33,34)/t27-/m0/s1. The van der Waals surface area contributed by atoms with Gasteiger partial charge in [-0.2, -0.15) is 0 Å². The van der Waals surface area contributed by atoms with E-state index in [0.717, 1.165) is 16.5 Å². The fourth-order valence-corrected chi connectivity index (χ4v) is 5.26. The van der Waals surface area contributed by atoms with Crippen molar-refractivity contribution in [1.29, 1.82) is 0 Å². The Hall–Kier alpha value is -4.31. The maximum Gasteiger partial charge on any atom is 0.352 e. The lowest BCUT2D eigenvalue weighted by Crippen LogP contribution is -2.44. The molecule has 3 aromatic rings. The maximum atomic E-state index is 13.5. The zero-order valence-corrected chi connectivity index (χ0v) is 20.5. The first-order valence-corrected chi connectivity index (χ1v) is 11.9. The molecule has 2 aromatic heterocycles. The fraction of sp³-hybridized carbons (Fsp3) is 0.296. The molecule has 1 amide bonds. The molecule has 10 heteroatoms. The van der Waals surface area contributed by atoms with Crippen molar-refractivity contribution in [2.75, 3.05) is 0 Å². The van der Waals surface area contributed by atoms with Gasteiger partial charge in [-0.1, -0.05) is 26.0 Å². The van der Waals surface area contributed by atoms with E-state index in [2.05, 4.69) is 5.32 Å². The number of carbonyl (C=O) groups is 3. The summed E-state index contributed by atoms with van der Waals surface area (Å²) in [6.45, 7) is 4.87. The molecule has 0 radical (unpaired) electrons. The Kier molecular flexibility index (Phi) is 5.71. The lowest BCUT2D eigenvalue weighted by molar-refractivity contribution is -0.172. The second-order valence-electron chi connectivity index (χ2n) is 9.16. The van der Waals surface area contributed by atoms with E-state index in [-0.39, 0.29) is 42.0 Å². The van der Waals surface area contributed by atoms with Crippen molar-refractivity contribution in [3.8, 4) is 11.4 Å². The Morgan fingerprint density at radius 1 is 1.24 bits per heavy atom. The number of aliphatic carboxylic acids is 1. The van der Waals surface area contributed by atoms with Gasteiger partial charge in [0.15, 0.2) is 5.60 Å². The number of nitrogens with one attached hydrogen (secondary N) is 1.